The number of carbonyl (C=O) groups is 2. The molecule has 2 amide bonds. The highest BCUT2D eigenvalue weighted by Gasteiger charge is 2.24. The summed E-state index contributed by atoms with van der Waals surface area (Å²) in [7, 11) is 0. The van der Waals surface area contributed by atoms with E-state index in [2.05, 4.69) is 25.7 Å². The number of aromatic nitrogens is 2. The van der Waals surface area contributed by atoms with E-state index in [-0.39, 0.29) is 5.82 Å². The standard InChI is InChI=1S/C19H21N5O4/c1-12-10-16(23-28-12)22-18(26)17(25)20-11-13-6-8-24(9-7-13)19-21-14-4-2-3-5-15(14)27-19/h2-5,10,13H,6-9,11H2,1H3,(H,20,25)(H,22,23,26). The molecule has 1 aromatic carbocycles. The third-order valence-electron chi connectivity index (χ3n) is 4.79. The molecule has 3 heterocycles. The van der Waals surface area contributed by atoms with Gasteiger partial charge in [0.25, 0.3) is 6.01 Å². The number of rotatable bonds is 4. The van der Waals surface area contributed by atoms with Crippen molar-refractivity contribution in [1.29, 1.82) is 0 Å². The highest BCUT2D eigenvalue weighted by atomic mass is 16.5. The van der Waals surface area contributed by atoms with Gasteiger partial charge in [0.15, 0.2) is 11.4 Å². The number of hydrogen-bond acceptors (Lipinski definition) is 7. The van der Waals surface area contributed by atoms with Gasteiger partial charge in [-0.25, -0.2) is 0 Å². The van der Waals surface area contributed by atoms with E-state index in [1.165, 1.54) is 0 Å². The predicted octanol–water partition coefficient (Wildman–Crippen LogP) is 2.10. The van der Waals surface area contributed by atoms with Gasteiger partial charge in [-0.2, -0.15) is 4.98 Å². The van der Waals surface area contributed by atoms with Crippen LogP contribution in [0.1, 0.15) is 18.6 Å². The van der Waals surface area contributed by atoms with Crippen LogP contribution in [0.2, 0.25) is 0 Å². The first-order valence-electron chi connectivity index (χ1n) is 9.21. The van der Waals surface area contributed by atoms with Gasteiger partial charge in [-0.3, -0.25) is 14.9 Å². The van der Waals surface area contributed by atoms with Gasteiger partial charge in [0.05, 0.1) is 0 Å². The molecule has 0 spiro atoms. The van der Waals surface area contributed by atoms with Crippen LogP contribution in [0.4, 0.5) is 11.8 Å². The first kappa shape index (κ1) is 18.0. The fourth-order valence-electron chi connectivity index (χ4n) is 3.24. The minimum atomic E-state index is -0.753. The summed E-state index contributed by atoms with van der Waals surface area (Å²) in [4.78, 5) is 30.5. The van der Waals surface area contributed by atoms with Gasteiger partial charge in [0, 0.05) is 25.7 Å². The van der Waals surface area contributed by atoms with E-state index < -0.39 is 11.8 Å². The molecule has 0 atom stereocenters. The molecular formula is C19H21N5O4. The number of oxazole rings is 1. The molecule has 0 radical (unpaired) electrons. The van der Waals surface area contributed by atoms with Crippen molar-refractivity contribution in [1.82, 2.24) is 15.5 Å². The summed E-state index contributed by atoms with van der Waals surface area (Å²) in [6.45, 7) is 3.73. The van der Waals surface area contributed by atoms with Crippen LogP contribution in [0.3, 0.4) is 0 Å². The van der Waals surface area contributed by atoms with Gasteiger partial charge in [-0.1, -0.05) is 17.3 Å². The number of piperidine rings is 1. The zero-order chi connectivity index (χ0) is 19.5. The highest BCUT2D eigenvalue weighted by Crippen LogP contribution is 2.26. The van der Waals surface area contributed by atoms with Crippen molar-refractivity contribution in [2.45, 2.75) is 19.8 Å². The van der Waals surface area contributed by atoms with E-state index in [9.17, 15) is 9.59 Å². The van der Waals surface area contributed by atoms with E-state index in [1.54, 1.807) is 13.0 Å². The van der Waals surface area contributed by atoms with Crippen molar-refractivity contribution in [3.05, 3.63) is 36.1 Å². The topological polar surface area (TPSA) is 114 Å². The number of hydrogen-bond donors (Lipinski definition) is 2. The van der Waals surface area contributed by atoms with Crippen molar-refractivity contribution in [3.8, 4) is 0 Å². The minimum Gasteiger partial charge on any atom is -0.423 e. The second-order valence-corrected chi connectivity index (χ2v) is 6.88. The van der Waals surface area contributed by atoms with Crippen LogP contribution in [-0.2, 0) is 9.59 Å². The lowest BCUT2D eigenvalue weighted by molar-refractivity contribution is -0.136. The molecule has 0 unspecified atom stereocenters. The number of aryl methyl sites for hydroxylation is 1. The number of amides is 2. The normalized spacial score (nSPS) is 15.0. The Morgan fingerprint density at radius 1 is 1.21 bits per heavy atom. The van der Waals surface area contributed by atoms with Crippen molar-refractivity contribution in [2.24, 2.45) is 5.92 Å². The Hall–Kier alpha value is -3.36. The summed E-state index contributed by atoms with van der Waals surface area (Å²) in [5.74, 6) is -0.350. The molecule has 146 valence electrons. The van der Waals surface area contributed by atoms with E-state index in [4.69, 9.17) is 8.94 Å². The lowest BCUT2D eigenvalue weighted by Crippen LogP contribution is -2.42. The summed E-state index contributed by atoms with van der Waals surface area (Å²) >= 11 is 0. The maximum Gasteiger partial charge on any atom is 0.314 e. The summed E-state index contributed by atoms with van der Waals surface area (Å²) < 4.78 is 10.7. The molecule has 2 N–H and O–H groups in total. The van der Waals surface area contributed by atoms with Crippen LogP contribution in [0.25, 0.3) is 11.1 Å². The monoisotopic (exact) mass is 383 g/mol. The first-order chi connectivity index (χ1) is 13.6. The van der Waals surface area contributed by atoms with Gasteiger partial charge in [0.1, 0.15) is 11.3 Å². The van der Waals surface area contributed by atoms with Gasteiger partial charge >= 0.3 is 11.8 Å². The van der Waals surface area contributed by atoms with Gasteiger partial charge in [-0.05, 0) is 37.8 Å². The number of anilines is 2. The van der Waals surface area contributed by atoms with Crippen molar-refractivity contribution < 1.29 is 18.5 Å². The van der Waals surface area contributed by atoms with E-state index >= 15 is 0 Å². The van der Waals surface area contributed by atoms with Crippen LogP contribution in [-0.4, -0.2) is 41.6 Å². The molecule has 1 aliphatic rings. The molecule has 1 saturated heterocycles. The third kappa shape index (κ3) is 3.98. The molecule has 9 heteroatoms. The summed E-state index contributed by atoms with van der Waals surface area (Å²) in [6, 6.07) is 9.86. The Bertz CT molecular complexity index is 954. The Labute approximate surface area is 161 Å². The maximum absolute atomic E-state index is 12.0. The zero-order valence-corrected chi connectivity index (χ0v) is 15.5. The SMILES string of the molecule is Cc1cc(NC(=O)C(=O)NCC2CCN(c3nc4ccccc4o3)CC2)no1. The van der Waals surface area contributed by atoms with Gasteiger partial charge in [-0.15, -0.1) is 0 Å². The molecule has 1 fully saturated rings. The zero-order valence-electron chi connectivity index (χ0n) is 15.5. The van der Waals surface area contributed by atoms with Crippen molar-refractivity contribution in [3.63, 3.8) is 0 Å². The Morgan fingerprint density at radius 3 is 2.71 bits per heavy atom. The Morgan fingerprint density at radius 2 is 2.00 bits per heavy atom. The maximum atomic E-state index is 12.0. The molecule has 9 nitrogen and oxygen atoms in total. The van der Waals surface area contributed by atoms with Crippen molar-refractivity contribution >= 4 is 34.7 Å². The molecule has 28 heavy (non-hydrogen) atoms. The number of carbonyl (C=O) groups excluding carboxylic acids is 2. The quantitative estimate of drug-likeness (QED) is 0.663. The molecule has 1 aliphatic heterocycles. The molecule has 0 bridgehead atoms. The number of fused-ring (bicyclic) bond motifs is 1. The fraction of sp³-hybridized carbons (Fsp3) is 0.368. The van der Waals surface area contributed by atoms with E-state index in [0.29, 0.717) is 24.2 Å². The van der Waals surface area contributed by atoms with Crippen LogP contribution >= 0.6 is 0 Å². The van der Waals surface area contributed by atoms with Crippen LogP contribution in [0.5, 0.6) is 0 Å². The second-order valence-electron chi connectivity index (χ2n) is 6.88. The summed E-state index contributed by atoms with van der Waals surface area (Å²) in [6.07, 6.45) is 1.76. The van der Waals surface area contributed by atoms with Gasteiger partial charge in [0.2, 0.25) is 0 Å². The fourth-order valence-corrected chi connectivity index (χ4v) is 3.24. The average Bonchev–Trinajstić information content (AvgIpc) is 3.32. The van der Waals surface area contributed by atoms with Crippen LogP contribution < -0.4 is 15.5 Å². The molecule has 3 aromatic rings. The van der Waals surface area contributed by atoms with Crippen LogP contribution in [0, 0.1) is 12.8 Å². The number of nitrogens with one attached hydrogen (secondary N) is 2. The lowest BCUT2D eigenvalue weighted by atomic mass is 9.97. The largest absolute Gasteiger partial charge is 0.423 e. The van der Waals surface area contributed by atoms with Crippen LogP contribution in [0.15, 0.2) is 39.3 Å². The summed E-state index contributed by atoms with van der Waals surface area (Å²) in [5.41, 5.74) is 1.63. The highest BCUT2D eigenvalue weighted by molar-refractivity contribution is 6.39. The lowest BCUT2D eigenvalue weighted by Gasteiger charge is -2.30. The average molecular weight is 383 g/mol. The summed E-state index contributed by atoms with van der Waals surface area (Å²) in [5, 5.41) is 8.73. The minimum absolute atomic E-state index is 0.226. The number of nitrogens with zero attached hydrogens (tertiary/aromatic N) is 3. The van der Waals surface area contributed by atoms with E-state index in [1.807, 2.05) is 24.3 Å². The second kappa shape index (κ2) is 7.71. The van der Waals surface area contributed by atoms with Gasteiger partial charge < -0.3 is 19.2 Å². The molecular weight excluding hydrogens is 362 g/mol. The molecule has 2 aromatic heterocycles. The molecule has 4 rings (SSSR count). The Kier molecular flexibility index (Phi) is 4.96. The predicted molar refractivity (Wildman–Crippen MR) is 102 cm³/mol. The third-order valence-corrected chi connectivity index (χ3v) is 4.79. The smallest absolute Gasteiger partial charge is 0.314 e. The molecule has 0 saturated carbocycles. The molecule has 0 aliphatic carbocycles. The first-order valence-corrected chi connectivity index (χ1v) is 9.21. The Balaban J connectivity index is 1.24. The van der Waals surface area contributed by atoms with Crippen molar-refractivity contribution in [2.75, 3.05) is 29.9 Å². The van der Waals surface area contributed by atoms with E-state index in [0.717, 1.165) is 37.0 Å². The number of benzene rings is 1. The number of para-hydroxylation sites is 2.